The van der Waals surface area contributed by atoms with Crippen molar-refractivity contribution in [2.75, 3.05) is 0 Å². The number of hydrogen-bond acceptors (Lipinski definition) is 8. The van der Waals surface area contributed by atoms with E-state index in [-0.39, 0.29) is 36.6 Å². The van der Waals surface area contributed by atoms with Crippen LogP contribution in [0.4, 0.5) is 0 Å². The van der Waals surface area contributed by atoms with Crippen molar-refractivity contribution < 1.29 is 34.8 Å². The molecular weight excluding hydrogens is 488 g/mol. The molecule has 0 spiro atoms. The zero-order valence-corrected chi connectivity index (χ0v) is 23.3. The van der Waals surface area contributed by atoms with Gasteiger partial charge in [-0.05, 0) is 52.7 Å². The molecule has 8 N–H and O–H groups in total. The van der Waals surface area contributed by atoms with Crippen LogP contribution in [-0.2, 0) is 28.0 Å². The summed E-state index contributed by atoms with van der Waals surface area (Å²) in [4.78, 5) is 40.3. The van der Waals surface area contributed by atoms with Crippen molar-refractivity contribution in [1.29, 1.82) is 0 Å². The van der Waals surface area contributed by atoms with Gasteiger partial charge in [0.05, 0.1) is 17.6 Å². The van der Waals surface area contributed by atoms with Gasteiger partial charge >= 0.3 is 0 Å². The second-order valence-electron chi connectivity index (χ2n) is 13.7. The van der Waals surface area contributed by atoms with E-state index in [1.807, 2.05) is 47.6 Å². The molecule has 2 unspecified atom stereocenters. The lowest BCUT2D eigenvalue weighted by Crippen LogP contribution is -2.79. The van der Waals surface area contributed by atoms with Gasteiger partial charge in [0.1, 0.15) is 17.8 Å². The number of aliphatic hydroxyl groups excluding tert-OH is 2. The van der Waals surface area contributed by atoms with Crippen molar-refractivity contribution >= 4 is 17.5 Å². The van der Waals surface area contributed by atoms with E-state index in [4.69, 9.17) is 11.5 Å². The summed E-state index contributed by atoms with van der Waals surface area (Å²) in [6.45, 7) is 12.9. The number of hydrogen-bond donors (Lipinski definition) is 6. The number of fused-ring (bicyclic) bond motifs is 3. The van der Waals surface area contributed by atoms with E-state index in [9.17, 15) is 34.8 Å². The Hall–Kier alpha value is -2.33. The molecule has 0 radical (unpaired) electrons. The second-order valence-corrected chi connectivity index (χ2v) is 13.7. The Labute approximate surface area is 223 Å². The van der Waals surface area contributed by atoms with Crippen LogP contribution in [0.5, 0.6) is 5.75 Å². The molecule has 0 aromatic heterocycles. The number of benzene rings is 1. The fraction of sp³-hybridized carbons (Fsp3) is 0.690. The van der Waals surface area contributed by atoms with E-state index in [0.29, 0.717) is 16.7 Å². The first kappa shape index (κ1) is 28.7. The highest BCUT2D eigenvalue weighted by molar-refractivity contribution is 6.09. The maximum absolute atomic E-state index is 14.2. The SMILES string of the molecule is CC(C)[C@H]1C(O)[C@@H](C(N)=O)C(=O)[C@]2(O)C(O)[C@H]3C(=O)c4c(O)c(C(C)(C)C)cc(CN)c4C[C@]3(C)C[C@]12C. The van der Waals surface area contributed by atoms with Crippen molar-refractivity contribution in [2.24, 2.45) is 46.0 Å². The summed E-state index contributed by atoms with van der Waals surface area (Å²) in [7, 11) is 0. The van der Waals surface area contributed by atoms with Crippen LogP contribution >= 0.6 is 0 Å². The molecule has 0 heterocycles. The van der Waals surface area contributed by atoms with Gasteiger partial charge in [0, 0.05) is 17.5 Å². The van der Waals surface area contributed by atoms with Gasteiger partial charge in [0.25, 0.3) is 0 Å². The highest BCUT2D eigenvalue weighted by Gasteiger charge is 2.75. The minimum Gasteiger partial charge on any atom is -0.507 e. The zero-order chi connectivity index (χ0) is 28.9. The van der Waals surface area contributed by atoms with Gasteiger partial charge in [0.15, 0.2) is 17.2 Å². The molecule has 3 aliphatic rings. The lowest BCUT2D eigenvalue weighted by molar-refractivity contribution is -0.265. The molecule has 8 atom stereocenters. The van der Waals surface area contributed by atoms with E-state index in [1.165, 1.54) is 0 Å². The summed E-state index contributed by atoms with van der Waals surface area (Å²) in [6.07, 6.45) is -2.98. The second kappa shape index (κ2) is 8.58. The summed E-state index contributed by atoms with van der Waals surface area (Å²) in [5.74, 6) is -6.98. The van der Waals surface area contributed by atoms with Crippen molar-refractivity contribution in [3.05, 3.63) is 28.3 Å². The van der Waals surface area contributed by atoms with Crippen LogP contribution in [-0.4, -0.2) is 55.7 Å². The molecular formula is C29H42N2O7. The van der Waals surface area contributed by atoms with Gasteiger partial charge in [-0.25, -0.2) is 0 Å². The molecule has 38 heavy (non-hydrogen) atoms. The minimum absolute atomic E-state index is 0.0572. The highest BCUT2D eigenvalue weighted by atomic mass is 16.4. The van der Waals surface area contributed by atoms with Crippen molar-refractivity contribution in [1.82, 2.24) is 0 Å². The fourth-order valence-electron chi connectivity index (χ4n) is 8.43. The standard InChI is InChI=1S/C29H42N2O7/c1-12(2)18-22(34)17(25(31)37)23(35)29(38)24(36)19-21(33)16-14(9-27(19,6)11-28(18,29)7)13(10-30)8-15(20(16)32)26(3,4)5/h8,12,17-19,22,24,32,34,36,38H,9-11,30H2,1-7H3,(H2,31,37)/t17-,18+,19-,22?,24?,27-,28-,29+/m1/s1. The quantitative estimate of drug-likeness (QED) is 0.316. The summed E-state index contributed by atoms with van der Waals surface area (Å²) >= 11 is 0. The third kappa shape index (κ3) is 3.48. The molecule has 3 aliphatic carbocycles. The molecule has 210 valence electrons. The van der Waals surface area contributed by atoms with Crippen LogP contribution in [0.2, 0.25) is 0 Å². The predicted molar refractivity (Wildman–Crippen MR) is 140 cm³/mol. The number of aliphatic hydroxyl groups is 3. The first-order valence-corrected chi connectivity index (χ1v) is 13.3. The third-order valence-corrected chi connectivity index (χ3v) is 9.90. The van der Waals surface area contributed by atoms with Gasteiger partial charge in [-0.2, -0.15) is 0 Å². The van der Waals surface area contributed by atoms with E-state index >= 15 is 0 Å². The third-order valence-electron chi connectivity index (χ3n) is 9.90. The Balaban J connectivity index is 2.00. The normalized spacial score (nSPS) is 39.0. The molecule has 0 aliphatic heterocycles. The number of nitrogens with two attached hydrogens (primary N) is 2. The Morgan fingerprint density at radius 2 is 1.76 bits per heavy atom. The molecule has 1 aromatic rings. The summed E-state index contributed by atoms with van der Waals surface area (Å²) in [5.41, 5.74) is 8.16. The number of phenols is 1. The van der Waals surface area contributed by atoms with Crippen molar-refractivity contribution in [3.63, 3.8) is 0 Å². The predicted octanol–water partition coefficient (Wildman–Crippen LogP) is 1.33. The first-order valence-electron chi connectivity index (χ1n) is 13.3. The molecule has 2 fully saturated rings. The number of primary amides is 1. The number of rotatable bonds is 3. The lowest BCUT2D eigenvalue weighted by Gasteiger charge is -2.66. The van der Waals surface area contributed by atoms with Crippen LogP contribution in [0.3, 0.4) is 0 Å². The molecule has 0 bridgehead atoms. The average molecular weight is 531 g/mol. The van der Waals surface area contributed by atoms with Crippen LogP contribution in [0, 0.1) is 34.5 Å². The smallest absolute Gasteiger partial charge is 0.230 e. The highest BCUT2D eigenvalue weighted by Crippen LogP contribution is 2.66. The van der Waals surface area contributed by atoms with Crippen LogP contribution in [0.1, 0.15) is 81.9 Å². The molecule has 2 saturated carbocycles. The summed E-state index contributed by atoms with van der Waals surface area (Å²) in [5, 5.41) is 46.6. The maximum Gasteiger partial charge on any atom is 0.230 e. The number of Topliss-reactive ketones (excluding diaryl/α,β-unsaturated/α-hetero) is 2. The Kier molecular flexibility index (Phi) is 6.48. The van der Waals surface area contributed by atoms with E-state index in [0.717, 1.165) is 0 Å². The van der Waals surface area contributed by atoms with Crippen LogP contribution < -0.4 is 11.5 Å². The summed E-state index contributed by atoms with van der Waals surface area (Å²) < 4.78 is 0. The fourth-order valence-corrected chi connectivity index (χ4v) is 8.43. The molecule has 4 rings (SSSR count). The number of carbonyl (C=O) groups is 3. The van der Waals surface area contributed by atoms with Gasteiger partial charge in [-0.15, -0.1) is 0 Å². The minimum atomic E-state index is -2.52. The Morgan fingerprint density at radius 1 is 1.18 bits per heavy atom. The summed E-state index contributed by atoms with van der Waals surface area (Å²) in [6, 6.07) is 1.82. The largest absolute Gasteiger partial charge is 0.507 e. The molecule has 0 saturated heterocycles. The number of amides is 1. The van der Waals surface area contributed by atoms with E-state index in [1.54, 1.807) is 6.92 Å². The monoisotopic (exact) mass is 530 g/mol. The van der Waals surface area contributed by atoms with E-state index in [2.05, 4.69) is 0 Å². The van der Waals surface area contributed by atoms with Gasteiger partial charge in [0.2, 0.25) is 5.91 Å². The van der Waals surface area contributed by atoms with Crippen LogP contribution in [0.15, 0.2) is 6.07 Å². The number of ketones is 2. The Bertz CT molecular complexity index is 1220. The van der Waals surface area contributed by atoms with Gasteiger partial charge in [-0.1, -0.05) is 48.5 Å². The molecule has 1 aromatic carbocycles. The zero-order valence-electron chi connectivity index (χ0n) is 23.3. The number of carbonyl (C=O) groups excluding carboxylic acids is 3. The number of aromatic hydroxyl groups is 1. The topological polar surface area (TPSA) is 184 Å². The van der Waals surface area contributed by atoms with Crippen LogP contribution in [0.25, 0.3) is 0 Å². The average Bonchev–Trinajstić information content (AvgIpc) is 2.75. The van der Waals surface area contributed by atoms with E-state index < -0.39 is 69.3 Å². The molecule has 1 amide bonds. The van der Waals surface area contributed by atoms with Gasteiger partial charge < -0.3 is 31.9 Å². The molecule has 9 heteroatoms. The number of phenolic OH excluding ortho intramolecular Hbond substituents is 1. The Morgan fingerprint density at radius 3 is 2.24 bits per heavy atom. The van der Waals surface area contributed by atoms with Gasteiger partial charge in [-0.3, -0.25) is 14.4 Å². The molecule has 9 nitrogen and oxygen atoms in total. The maximum atomic E-state index is 14.2. The lowest BCUT2D eigenvalue weighted by atomic mass is 9.39. The van der Waals surface area contributed by atoms with Crippen molar-refractivity contribution in [2.45, 2.75) is 91.1 Å². The first-order chi connectivity index (χ1) is 17.3. The van der Waals surface area contributed by atoms with Crippen molar-refractivity contribution in [3.8, 4) is 5.75 Å².